The lowest BCUT2D eigenvalue weighted by molar-refractivity contribution is -0.170. The van der Waals surface area contributed by atoms with E-state index in [4.69, 9.17) is 4.74 Å². The topological polar surface area (TPSA) is 29.5 Å². The summed E-state index contributed by atoms with van der Waals surface area (Å²) in [5.74, 6) is 0. The average Bonchev–Trinajstić information content (AvgIpc) is 1.97. The van der Waals surface area contributed by atoms with Gasteiger partial charge in [0.15, 0.2) is 0 Å². The van der Waals surface area contributed by atoms with E-state index in [2.05, 4.69) is 0 Å². The van der Waals surface area contributed by atoms with Crippen LogP contribution in [0.2, 0.25) is 0 Å². The van der Waals surface area contributed by atoms with Crippen LogP contribution in [0.25, 0.3) is 0 Å². The second-order valence-corrected chi connectivity index (χ2v) is 4.51. The molecule has 0 radical (unpaired) electrons. The van der Waals surface area contributed by atoms with Crippen LogP contribution in [0.15, 0.2) is 0 Å². The van der Waals surface area contributed by atoms with Gasteiger partial charge in [-0.25, -0.2) is 0 Å². The Kier molecular flexibility index (Phi) is 3.66. The van der Waals surface area contributed by atoms with Gasteiger partial charge in [0.05, 0.1) is 17.8 Å². The van der Waals surface area contributed by atoms with E-state index in [9.17, 15) is 18.3 Å². The maximum absolute atomic E-state index is 12.0. The van der Waals surface area contributed by atoms with E-state index in [-0.39, 0.29) is 31.5 Å². The van der Waals surface area contributed by atoms with Crippen LogP contribution in [0.1, 0.15) is 39.5 Å². The summed E-state index contributed by atoms with van der Waals surface area (Å²) in [6, 6.07) is 0. The summed E-state index contributed by atoms with van der Waals surface area (Å²) < 4.78 is 41.5. The van der Waals surface area contributed by atoms with Crippen molar-refractivity contribution < 1.29 is 23.0 Å². The van der Waals surface area contributed by atoms with Crippen LogP contribution in [0.4, 0.5) is 13.2 Å². The van der Waals surface area contributed by atoms with Gasteiger partial charge in [0.25, 0.3) is 0 Å². The second kappa shape index (κ2) is 4.29. The Labute approximate surface area is 87.4 Å². The third kappa shape index (κ3) is 4.38. The molecule has 0 aliphatic carbocycles. The maximum atomic E-state index is 12.0. The first-order chi connectivity index (χ1) is 6.70. The molecule has 0 aromatic heterocycles. The maximum Gasteiger partial charge on any atom is 0.389 e. The predicted octanol–water partition coefficient (Wildman–Crippen LogP) is 2.65. The Bertz CT molecular complexity index is 205. The predicted molar refractivity (Wildman–Crippen MR) is 49.5 cm³/mol. The van der Waals surface area contributed by atoms with Gasteiger partial charge in [-0.15, -0.1) is 0 Å². The zero-order valence-corrected chi connectivity index (χ0v) is 8.97. The number of rotatable bonds is 2. The van der Waals surface area contributed by atoms with Crippen molar-refractivity contribution in [2.45, 2.75) is 63.5 Å². The second-order valence-electron chi connectivity index (χ2n) is 4.51. The van der Waals surface area contributed by atoms with Gasteiger partial charge in [-0.05, 0) is 20.3 Å². The molecule has 0 bridgehead atoms. The van der Waals surface area contributed by atoms with E-state index >= 15 is 0 Å². The van der Waals surface area contributed by atoms with Gasteiger partial charge >= 0.3 is 6.18 Å². The molecule has 1 fully saturated rings. The third-order valence-electron chi connectivity index (χ3n) is 2.67. The fraction of sp³-hybridized carbons (Fsp3) is 1.00. The van der Waals surface area contributed by atoms with Crippen molar-refractivity contribution in [1.82, 2.24) is 0 Å². The van der Waals surface area contributed by atoms with Crippen molar-refractivity contribution >= 4 is 0 Å². The lowest BCUT2D eigenvalue weighted by Gasteiger charge is -2.39. The molecule has 2 atom stereocenters. The van der Waals surface area contributed by atoms with Crippen LogP contribution in [0, 0.1) is 0 Å². The average molecular weight is 226 g/mol. The number of halogens is 3. The number of hydrogen-bond acceptors (Lipinski definition) is 2. The monoisotopic (exact) mass is 226 g/mol. The van der Waals surface area contributed by atoms with Gasteiger partial charge in [-0.1, -0.05) is 0 Å². The van der Waals surface area contributed by atoms with Gasteiger partial charge in [-0.3, -0.25) is 0 Å². The van der Waals surface area contributed by atoms with E-state index in [1.165, 1.54) is 0 Å². The molecule has 0 aromatic rings. The van der Waals surface area contributed by atoms with E-state index in [0.717, 1.165) is 0 Å². The zero-order chi connectivity index (χ0) is 11.7. The number of aliphatic hydroxyl groups is 1. The molecule has 1 saturated heterocycles. The molecule has 1 heterocycles. The van der Waals surface area contributed by atoms with E-state index in [1.54, 1.807) is 13.8 Å². The molecule has 0 spiro atoms. The lowest BCUT2D eigenvalue weighted by atomic mass is 9.84. The zero-order valence-electron chi connectivity index (χ0n) is 8.97. The molecular weight excluding hydrogens is 209 g/mol. The van der Waals surface area contributed by atoms with Crippen molar-refractivity contribution in [3.63, 3.8) is 0 Å². The van der Waals surface area contributed by atoms with E-state index < -0.39 is 18.2 Å². The van der Waals surface area contributed by atoms with Gasteiger partial charge in [0.2, 0.25) is 0 Å². The summed E-state index contributed by atoms with van der Waals surface area (Å²) in [5, 5.41) is 10.00. The highest BCUT2D eigenvalue weighted by atomic mass is 19.4. The van der Waals surface area contributed by atoms with Gasteiger partial charge in [-0.2, -0.15) is 13.2 Å². The normalized spacial score (nSPS) is 38.0. The Balaban J connectivity index is 2.50. The number of alkyl halides is 3. The molecule has 1 rings (SSSR count). The molecule has 2 unspecified atom stereocenters. The van der Waals surface area contributed by atoms with Gasteiger partial charge < -0.3 is 9.84 Å². The summed E-state index contributed by atoms with van der Waals surface area (Å²) in [6.07, 6.45) is -5.13. The Morgan fingerprint density at radius 2 is 1.73 bits per heavy atom. The van der Waals surface area contributed by atoms with Crippen LogP contribution >= 0.6 is 0 Å². The Morgan fingerprint density at radius 1 is 1.27 bits per heavy atom. The fourth-order valence-corrected chi connectivity index (χ4v) is 2.22. The molecule has 1 aliphatic heterocycles. The highest BCUT2D eigenvalue weighted by Crippen LogP contribution is 2.35. The molecule has 1 aliphatic rings. The van der Waals surface area contributed by atoms with Crippen LogP contribution < -0.4 is 0 Å². The van der Waals surface area contributed by atoms with Gasteiger partial charge in [0, 0.05) is 19.3 Å². The van der Waals surface area contributed by atoms with Crippen LogP contribution in [-0.2, 0) is 4.74 Å². The van der Waals surface area contributed by atoms with Crippen molar-refractivity contribution in [1.29, 1.82) is 0 Å². The molecule has 0 saturated carbocycles. The van der Waals surface area contributed by atoms with Crippen LogP contribution in [-0.4, -0.2) is 29.1 Å². The van der Waals surface area contributed by atoms with Crippen molar-refractivity contribution in [2.75, 3.05) is 0 Å². The molecule has 5 heteroatoms. The van der Waals surface area contributed by atoms with Crippen LogP contribution in [0.5, 0.6) is 0 Å². The summed E-state index contributed by atoms with van der Waals surface area (Å²) in [4.78, 5) is 0. The highest BCUT2D eigenvalue weighted by Gasteiger charge is 2.40. The molecule has 1 N–H and O–H groups in total. The van der Waals surface area contributed by atoms with E-state index in [1.807, 2.05) is 0 Å². The number of ether oxygens (including phenoxy) is 1. The Hall–Kier alpha value is -0.290. The SMILES string of the molecule is CC1CC(O)(CCC(F)(F)F)CC(C)O1. The minimum Gasteiger partial charge on any atom is -0.390 e. The molecule has 90 valence electrons. The largest absolute Gasteiger partial charge is 0.390 e. The summed E-state index contributed by atoms with van der Waals surface area (Å²) in [5.41, 5.74) is -1.22. The molecule has 2 nitrogen and oxygen atoms in total. The summed E-state index contributed by atoms with van der Waals surface area (Å²) >= 11 is 0. The first-order valence-corrected chi connectivity index (χ1v) is 5.15. The van der Waals surface area contributed by atoms with E-state index in [0.29, 0.717) is 0 Å². The first-order valence-electron chi connectivity index (χ1n) is 5.15. The van der Waals surface area contributed by atoms with Gasteiger partial charge in [0.1, 0.15) is 0 Å². The highest BCUT2D eigenvalue weighted by molar-refractivity contribution is 4.87. The Morgan fingerprint density at radius 3 is 2.13 bits per heavy atom. The molecular formula is C10H17F3O2. The van der Waals surface area contributed by atoms with Crippen molar-refractivity contribution in [2.24, 2.45) is 0 Å². The quantitative estimate of drug-likeness (QED) is 0.784. The smallest absolute Gasteiger partial charge is 0.389 e. The first kappa shape index (κ1) is 12.8. The molecule has 0 aromatic carbocycles. The summed E-state index contributed by atoms with van der Waals surface area (Å²) in [6.45, 7) is 3.54. The summed E-state index contributed by atoms with van der Waals surface area (Å²) in [7, 11) is 0. The minimum atomic E-state index is -4.19. The molecule has 15 heavy (non-hydrogen) atoms. The lowest BCUT2D eigenvalue weighted by Crippen LogP contribution is -2.43. The fourth-order valence-electron chi connectivity index (χ4n) is 2.22. The number of hydrogen-bond donors (Lipinski definition) is 1. The third-order valence-corrected chi connectivity index (χ3v) is 2.67. The standard InChI is InChI=1S/C10H17F3O2/c1-7-5-9(14,6-8(2)15-7)3-4-10(11,12)13/h7-8,14H,3-6H2,1-2H3. The van der Waals surface area contributed by atoms with Crippen molar-refractivity contribution in [3.05, 3.63) is 0 Å². The minimum absolute atomic E-state index is 0.174. The molecule has 0 amide bonds. The van der Waals surface area contributed by atoms with Crippen molar-refractivity contribution in [3.8, 4) is 0 Å². The van der Waals surface area contributed by atoms with Crippen LogP contribution in [0.3, 0.4) is 0 Å².